The summed E-state index contributed by atoms with van der Waals surface area (Å²) in [4.78, 5) is 4.37. The zero-order valence-electron chi connectivity index (χ0n) is 11.1. The maximum atomic E-state index is 8.71. The largest absolute Gasteiger partial charge is 0.494 e. The van der Waals surface area contributed by atoms with Gasteiger partial charge in [-0.15, -0.1) is 17.0 Å². The van der Waals surface area contributed by atoms with E-state index in [1.54, 1.807) is 18.3 Å². The topological polar surface area (TPSA) is 45.4 Å². The number of aliphatic imine (C=N–C) groups is 1. The van der Waals surface area contributed by atoms with Crippen LogP contribution in [0.25, 0.3) is 0 Å². The molecule has 0 spiro atoms. The minimum atomic E-state index is 0. The summed E-state index contributed by atoms with van der Waals surface area (Å²) in [5.74, 6) is 0.847. The predicted octanol–water partition coefficient (Wildman–Crippen LogP) is 4.29. The van der Waals surface area contributed by atoms with Crippen LogP contribution in [-0.4, -0.2) is 12.8 Å². The summed E-state index contributed by atoms with van der Waals surface area (Å²) in [6.07, 6.45) is 1.77. The first-order valence-electron chi connectivity index (χ1n) is 6.09. The van der Waals surface area contributed by atoms with Crippen molar-refractivity contribution in [2.24, 2.45) is 4.99 Å². The van der Waals surface area contributed by atoms with Gasteiger partial charge in [0.2, 0.25) is 0 Å². The highest BCUT2D eigenvalue weighted by Gasteiger charge is 1.93. The summed E-state index contributed by atoms with van der Waals surface area (Å²) in [5.41, 5.74) is 2.49. The average molecular weight is 331 g/mol. The highest BCUT2D eigenvalue weighted by Crippen LogP contribution is 2.18. The highest BCUT2D eigenvalue weighted by molar-refractivity contribution is 8.93. The van der Waals surface area contributed by atoms with Crippen molar-refractivity contribution in [3.05, 3.63) is 59.7 Å². The van der Waals surface area contributed by atoms with Crippen molar-refractivity contribution in [1.29, 1.82) is 5.26 Å². The first kappa shape index (κ1) is 15.9. The number of halogens is 1. The van der Waals surface area contributed by atoms with Crippen molar-refractivity contribution in [2.75, 3.05) is 6.61 Å². The molecule has 0 bridgehead atoms. The molecule has 2 aromatic rings. The quantitative estimate of drug-likeness (QED) is 0.785. The van der Waals surface area contributed by atoms with Gasteiger partial charge in [0.15, 0.2) is 0 Å². The number of hydrogen-bond donors (Lipinski definition) is 0. The maximum absolute atomic E-state index is 8.71. The minimum Gasteiger partial charge on any atom is -0.494 e. The second-order valence-electron chi connectivity index (χ2n) is 3.92. The Hall–Kier alpha value is -2.12. The van der Waals surface area contributed by atoms with Crippen molar-refractivity contribution in [2.45, 2.75) is 6.92 Å². The van der Waals surface area contributed by atoms with E-state index >= 15 is 0 Å². The SMILES string of the molecule is Br.CCOc1ccc(N=Cc2ccc(C#N)cc2)cc1. The van der Waals surface area contributed by atoms with Crippen LogP contribution in [0.15, 0.2) is 53.5 Å². The normalized spacial score (nSPS) is 9.80. The van der Waals surface area contributed by atoms with E-state index in [1.165, 1.54) is 0 Å². The summed E-state index contributed by atoms with van der Waals surface area (Å²) >= 11 is 0. The third kappa shape index (κ3) is 4.52. The standard InChI is InChI=1S/C16H14N2O.BrH/c1-2-19-16-9-7-15(8-10-16)18-12-14-5-3-13(11-17)4-6-14;/h3-10,12H,2H2,1H3;1H. The summed E-state index contributed by atoms with van der Waals surface area (Å²) in [6.45, 7) is 2.62. The minimum absolute atomic E-state index is 0. The van der Waals surface area contributed by atoms with Crippen LogP contribution in [0, 0.1) is 11.3 Å². The molecule has 0 N–H and O–H groups in total. The molecule has 4 heteroatoms. The van der Waals surface area contributed by atoms with E-state index in [2.05, 4.69) is 11.1 Å². The van der Waals surface area contributed by atoms with Gasteiger partial charge in [-0.3, -0.25) is 4.99 Å². The lowest BCUT2D eigenvalue weighted by Crippen LogP contribution is -1.89. The van der Waals surface area contributed by atoms with Gasteiger partial charge in [-0.1, -0.05) is 12.1 Å². The maximum Gasteiger partial charge on any atom is 0.119 e. The zero-order valence-corrected chi connectivity index (χ0v) is 12.8. The molecule has 0 unspecified atom stereocenters. The molecule has 0 amide bonds. The number of rotatable bonds is 4. The first-order chi connectivity index (χ1) is 9.31. The van der Waals surface area contributed by atoms with Crippen LogP contribution in [0.3, 0.4) is 0 Å². The number of hydrogen-bond acceptors (Lipinski definition) is 3. The summed E-state index contributed by atoms with van der Waals surface area (Å²) in [5, 5.41) is 8.71. The summed E-state index contributed by atoms with van der Waals surface area (Å²) in [6, 6.07) is 17.0. The molecule has 102 valence electrons. The van der Waals surface area contributed by atoms with E-state index in [9.17, 15) is 0 Å². The van der Waals surface area contributed by atoms with Crippen LogP contribution in [0.4, 0.5) is 5.69 Å². The Bertz CT molecular complexity index is 598. The van der Waals surface area contributed by atoms with Crippen LogP contribution in [0.5, 0.6) is 5.75 Å². The molecule has 0 aliphatic heterocycles. The van der Waals surface area contributed by atoms with Crippen LogP contribution in [0.1, 0.15) is 18.1 Å². The number of benzene rings is 2. The Morgan fingerprint density at radius 1 is 1.10 bits per heavy atom. The van der Waals surface area contributed by atoms with Gasteiger partial charge in [0.05, 0.1) is 23.9 Å². The Balaban J connectivity index is 0.00000200. The molecular weight excluding hydrogens is 316 g/mol. The van der Waals surface area contributed by atoms with E-state index in [0.29, 0.717) is 12.2 Å². The van der Waals surface area contributed by atoms with E-state index in [-0.39, 0.29) is 17.0 Å². The molecule has 2 rings (SSSR count). The number of nitrogens with zero attached hydrogens (tertiary/aromatic N) is 2. The van der Waals surface area contributed by atoms with Crippen LogP contribution in [-0.2, 0) is 0 Å². The lowest BCUT2D eigenvalue weighted by Gasteiger charge is -2.02. The first-order valence-corrected chi connectivity index (χ1v) is 6.09. The van der Waals surface area contributed by atoms with Gasteiger partial charge >= 0.3 is 0 Å². The molecular formula is C16H15BrN2O. The van der Waals surface area contributed by atoms with Crippen molar-refractivity contribution in [3.8, 4) is 11.8 Å². The summed E-state index contributed by atoms with van der Waals surface area (Å²) in [7, 11) is 0. The molecule has 0 radical (unpaired) electrons. The number of nitriles is 1. The van der Waals surface area contributed by atoms with Gasteiger partial charge in [0.25, 0.3) is 0 Å². The molecule has 0 aliphatic carbocycles. The Labute approximate surface area is 129 Å². The van der Waals surface area contributed by atoms with E-state index in [4.69, 9.17) is 10.00 Å². The molecule has 0 saturated carbocycles. The van der Waals surface area contributed by atoms with Crippen LogP contribution >= 0.6 is 17.0 Å². The summed E-state index contributed by atoms with van der Waals surface area (Å²) < 4.78 is 5.37. The average Bonchev–Trinajstić information content (AvgIpc) is 2.47. The van der Waals surface area contributed by atoms with Crippen molar-refractivity contribution >= 4 is 28.9 Å². The van der Waals surface area contributed by atoms with E-state index in [0.717, 1.165) is 17.0 Å². The van der Waals surface area contributed by atoms with Gasteiger partial charge in [-0.25, -0.2) is 0 Å². The highest BCUT2D eigenvalue weighted by atomic mass is 79.9. The molecule has 0 saturated heterocycles. The fourth-order valence-corrected chi connectivity index (χ4v) is 1.59. The Morgan fingerprint density at radius 2 is 1.75 bits per heavy atom. The Kier molecular flexibility index (Phi) is 6.48. The zero-order chi connectivity index (χ0) is 13.5. The van der Waals surface area contributed by atoms with E-state index in [1.807, 2.05) is 43.3 Å². The fourth-order valence-electron chi connectivity index (χ4n) is 1.59. The molecule has 0 fully saturated rings. The second kappa shape index (κ2) is 8.13. The lowest BCUT2D eigenvalue weighted by molar-refractivity contribution is 0.340. The molecule has 20 heavy (non-hydrogen) atoms. The van der Waals surface area contributed by atoms with Gasteiger partial charge in [-0.2, -0.15) is 5.26 Å². The van der Waals surface area contributed by atoms with Crippen LogP contribution in [0.2, 0.25) is 0 Å². The molecule has 3 nitrogen and oxygen atoms in total. The van der Waals surface area contributed by atoms with E-state index < -0.39 is 0 Å². The molecule has 0 atom stereocenters. The van der Waals surface area contributed by atoms with Crippen LogP contribution < -0.4 is 4.74 Å². The fraction of sp³-hybridized carbons (Fsp3) is 0.125. The van der Waals surface area contributed by atoms with Crippen molar-refractivity contribution in [3.63, 3.8) is 0 Å². The molecule has 0 heterocycles. The van der Waals surface area contributed by atoms with Gasteiger partial charge < -0.3 is 4.74 Å². The number of ether oxygens (including phenoxy) is 1. The van der Waals surface area contributed by atoms with Gasteiger partial charge in [0, 0.05) is 6.21 Å². The Morgan fingerprint density at radius 3 is 2.30 bits per heavy atom. The second-order valence-corrected chi connectivity index (χ2v) is 3.92. The van der Waals surface area contributed by atoms with Gasteiger partial charge in [-0.05, 0) is 48.9 Å². The third-order valence-corrected chi connectivity index (χ3v) is 2.55. The van der Waals surface area contributed by atoms with Crippen molar-refractivity contribution in [1.82, 2.24) is 0 Å². The third-order valence-electron chi connectivity index (χ3n) is 2.55. The molecule has 0 aromatic heterocycles. The molecule has 2 aromatic carbocycles. The predicted molar refractivity (Wildman–Crippen MR) is 86.3 cm³/mol. The lowest BCUT2D eigenvalue weighted by atomic mass is 10.2. The molecule has 0 aliphatic rings. The van der Waals surface area contributed by atoms with Crippen molar-refractivity contribution < 1.29 is 4.74 Å². The van der Waals surface area contributed by atoms with Gasteiger partial charge in [0.1, 0.15) is 5.75 Å². The smallest absolute Gasteiger partial charge is 0.119 e. The monoisotopic (exact) mass is 330 g/mol.